The molecule has 0 fully saturated rings. The SMILES string of the molecule is COc1ccc(Cl)cc1C(NN)c1cc(C)c(Br)c(C)c1. The first-order valence-corrected chi connectivity index (χ1v) is 7.71. The van der Waals surface area contributed by atoms with Crippen molar-refractivity contribution in [3.8, 4) is 5.75 Å². The van der Waals surface area contributed by atoms with Gasteiger partial charge < -0.3 is 4.74 Å². The van der Waals surface area contributed by atoms with E-state index >= 15 is 0 Å². The molecule has 112 valence electrons. The molecule has 0 aromatic heterocycles. The molecular formula is C16H18BrClN2O. The Hall–Kier alpha value is -1.07. The van der Waals surface area contributed by atoms with Crippen LogP contribution in [0.5, 0.6) is 5.75 Å². The highest BCUT2D eigenvalue weighted by atomic mass is 79.9. The lowest BCUT2D eigenvalue weighted by molar-refractivity contribution is 0.404. The van der Waals surface area contributed by atoms with Gasteiger partial charge in [0.15, 0.2) is 0 Å². The molecule has 3 N–H and O–H groups in total. The number of methoxy groups -OCH3 is 1. The van der Waals surface area contributed by atoms with Gasteiger partial charge in [0.1, 0.15) is 5.75 Å². The Bertz CT molecular complexity index is 638. The van der Waals surface area contributed by atoms with E-state index in [9.17, 15) is 0 Å². The lowest BCUT2D eigenvalue weighted by Gasteiger charge is -2.21. The van der Waals surface area contributed by atoms with E-state index in [0.717, 1.165) is 32.5 Å². The highest BCUT2D eigenvalue weighted by Crippen LogP contribution is 2.34. The number of ether oxygens (including phenoxy) is 1. The predicted molar refractivity (Wildman–Crippen MR) is 90.8 cm³/mol. The van der Waals surface area contributed by atoms with Gasteiger partial charge in [0.2, 0.25) is 0 Å². The van der Waals surface area contributed by atoms with Crippen LogP contribution in [0, 0.1) is 13.8 Å². The molecular weight excluding hydrogens is 352 g/mol. The van der Waals surface area contributed by atoms with Gasteiger partial charge in [-0.1, -0.05) is 39.7 Å². The highest BCUT2D eigenvalue weighted by molar-refractivity contribution is 9.10. The zero-order valence-corrected chi connectivity index (χ0v) is 14.5. The van der Waals surface area contributed by atoms with E-state index in [1.165, 1.54) is 0 Å². The molecule has 0 aliphatic rings. The maximum Gasteiger partial charge on any atom is 0.124 e. The molecule has 0 spiro atoms. The fourth-order valence-corrected chi connectivity index (χ4v) is 2.85. The van der Waals surface area contributed by atoms with Crippen molar-refractivity contribution in [2.75, 3.05) is 7.11 Å². The first kappa shape index (κ1) is 16.3. The Morgan fingerprint density at radius 3 is 2.33 bits per heavy atom. The van der Waals surface area contributed by atoms with Crippen LogP contribution in [0.15, 0.2) is 34.8 Å². The van der Waals surface area contributed by atoms with Crippen molar-refractivity contribution in [1.82, 2.24) is 5.43 Å². The molecule has 0 heterocycles. The largest absolute Gasteiger partial charge is 0.496 e. The maximum atomic E-state index is 6.12. The molecule has 1 atom stereocenters. The van der Waals surface area contributed by atoms with Gasteiger partial charge in [-0.2, -0.15) is 0 Å². The monoisotopic (exact) mass is 368 g/mol. The first-order chi connectivity index (χ1) is 9.97. The van der Waals surface area contributed by atoms with Crippen molar-refractivity contribution >= 4 is 27.5 Å². The van der Waals surface area contributed by atoms with E-state index in [-0.39, 0.29) is 6.04 Å². The van der Waals surface area contributed by atoms with Crippen molar-refractivity contribution in [2.24, 2.45) is 5.84 Å². The molecule has 3 nitrogen and oxygen atoms in total. The van der Waals surface area contributed by atoms with Gasteiger partial charge in [0.05, 0.1) is 13.2 Å². The summed E-state index contributed by atoms with van der Waals surface area (Å²) in [6.45, 7) is 4.12. The fourth-order valence-electron chi connectivity index (χ4n) is 2.44. The van der Waals surface area contributed by atoms with Crippen LogP contribution in [0.3, 0.4) is 0 Å². The van der Waals surface area contributed by atoms with E-state index in [0.29, 0.717) is 5.02 Å². The minimum Gasteiger partial charge on any atom is -0.496 e. The molecule has 0 amide bonds. The Labute approximate surface area is 138 Å². The molecule has 1 unspecified atom stereocenters. The number of hydrogen-bond donors (Lipinski definition) is 2. The lowest BCUT2D eigenvalue weighted by atomic mass is 9.95. The number of nitrogens with two attached hydrogens (primary N) is 1. The molecule has 21 heavy (non-hydrogen) atoms. The van der Waals surface area contributed by atoms with E-state index < -0.39 is 0 Å². The van der Waals surface area contributed by atoms with E-state index in [4.69, 9.17) is 22.2 Å². The molecule has 2 aromatic rings. The molecule has 0 radical (unpaired) electrons. The van der Waals surface area contributed by atoms with Crippen LogP contribution in [-0.2, 0) is 0 Å². The summed E-state index contributed by atoms with van der Waals surface area (Å²) in [5.41, 5.74) is 7.15. The number of halogens is 2. The first-order valence-electron chi connectivity index (χ1n) is 6.54. The normalized spacial score (nSPS) is 12.3. The van der Waals surface area contributed by atoms with Crippen molar-refractivity contribution in [3.05, 3.63) is 62.1 Å². The molecule has 5 heteroatoms. The number of hydrogen-bond acceptors (Lipinski definition) is 3. The Balaban J connectivity index is 2.57. The summed E-state index contributed by atoms with van der Waals surface area (Å²) < 4.78 is 6.54. The second kappa shape index (κ2) is 6.79. The summed E-state index contributed by atoms with van der Waals surface area (Å²) in [5.74, 6) is 6.54. The molecule has 0 aliphatic heterocycles. The van der Waals surface area contributed by atoms with Gasteiger partial charge >= 0.3 is 0 Å². The Morgan fingerprint density at radius 2 is 1.81 bits per heavy atom. The minimum absolute atomic E-state index is 0.191. The van der Waals surface area contributed by atoms with Crippen LogP contribution in [0.2, 0.25) is 5.02 Å². The number of hydrazine groups is 1. The van der Waals surface area contributed by atoms with Crippen molar-refractivity contribution < 1.29 is 4.74 Å². The highest BCUT2D eigenvalue weighted by Gasteiger charge is 2.19. The summed E-state index contributed by atoms with van der Waals surface area (Å²) in [6.07, 6.45) is 0. The fraction of sp³-hybridized carbons (Fsp3) is 0.250. The molecule has 0 saturated carbocycles. The maximum absolute atomic E-state index is 6.12. The number of nitrogens with one attached hydrogen (secondary N) is 1. The van der Waals surface area contributed by atoms with Crippen LogP contribution in [0.1, 0.15) is 28.3 Å². The standard InChI is InChI=1S/C16H18BrClN2O/c1-9-6-11(7-10(2)15(9)17)16(20-19)13-8-12(18)4-5-14(13)21-3/h4-8,16,20H,19H2,1-3H3. The molecule has 0 bridgehead atoms. The predicted octanol–water partition coefficient (Wildman–Crippen LogP) is 4.28. The van der Waals surface area contributed by atoms with E-state index in [1.807, 2.05) is 12.1 Å². The third-order valence-corrected chi connectivity index (χ3v) is 4.95. The Morgan fingerprint density at radius 1 is 1.19 bits per heavy atom. The number of rotatable bonds is 4. The second-order valence-corrected chi connectivity index (χ2v) is 6.18. The van der Waals surface area contributed by atoms with Gasteiger partial charge in [-0.25, -0.2) is 5.43 Å². The van der Waals surface area contributed by atoms with Crippen LogP contribution in [0.4, 0.5) is 0 Å². The second-order valence-electron chi connectivity index (χ2n) is 4.95. The van der Waals surface area contributed by atoms with E-state index in [1.54, 1.807) is 13.2 Å². The van der Waals surface area contributed by atoms with Gasteiger partial charge in [-0.05, 0) is 48.7 Å². The smallest absolute Gasteiger partial charge is 0.124 e. The van der Waals surface area contributed by atoms with Crippen molar-refractivity contribution in [2.45, 2.75) is 19.9 Å². The van der Waals surface area contributed by atoms with Crippen LogP contribution < -0.4 is 16.0 Å². The van der Waals surface area contributed by atoms with E-state index in [2.05, 4.69) is 47.3 Å². The molecule has 2 aromatic carbocycles. The lowest BCUT2D eigenvalue weighted by Crippen LogP contribution is -2.29. The minimum atomic E-state index is -0.191. The average molecular weight is 370 g/mol. The third kappa shape index (κ3) is 3.40. The summed E-state index contributed by atoms with van der Waals surface area (Å²) in [4.78, 5) is 0. The topological polar surface area (TPSA) is 47.3 Å². The van der Waals surface area contributed by atoms with Crippen LogP contribution in [0.25, 0.3) is 0 Å². The Kier molecular flexibility index (Phi) is 5.27. The van der Waals surface area contributed by atoms with Crippen molar-refractivity contribution in [1.29, 1.82) is 0 Å². The molecule has 0 aliphatic carbocycles. The van der Waals surface area contributed by atoms with Gasteiger partial charge in [0.25, 0.3) is 0 Å². The zero-order valence-electron chi connectivity index (χ0n) is 12.2. The average Bonchev–Trinajstić information content (AvgIpc) is 2.46. The van der Waals surface area contributed by atoms with Crippen molar-refractivity contribution in [3.63, 3.8) is 0 Å². The van der Waals surface area contributed by atoms with Gasteiger partial charge in [0, 0.05) is 15.1 Å². The summed E-state index contributed by atoms with van der Waals surface area (Å²) in [7, 11) is 1.64. The van der Waals surface area contributed by atoms with Gasteiger partial charge in [-0.3, -0.25) is 5.84 Å². The molecule has 2 rings (SSSR count). The quantitative estimate of drug-likeness (QED) is 0.624. The summed E-state index contributed by atoms with van der Waals surface area (Å²) in [6, 6.07) is 9.53. The summed E-state index contributed by atoms with van der Waals surface area (Å²) in [5, 5.41) is 0.650. The van der Waals surface area contributed by atoms with Crippen LogP contribution in [-0.4, -0.2) is 7.11 Å². The van der Waals surface area contributed by atoms with Gasteiger partial charge in [-0.15, -0.1) is 0 Å². The number of benzene rings is 2. The number of aryl methyl sites for hydroxylation is 2. The summed E-state index contributed by atoms with van der Waals surface area (Å²) >= 11 is 9.70. The third-order valence-electron chi connectivity index (χ3n) is 3.46. The van der Waals surface area contributed by atoms with Crippen LogP contribution >= 0.6 is 27.5 Å². The molecule has 0 saturated heterocycles. The zero-order chi connectivity index (χ0) is 15.6.